The summed E-state index contributed by atoms with van der Waals surface area (Å²) in [6.07, 6.45) is 6.30. The fourth-order valence-corrected chi connectivity index (χ4v) is 2.82. The van der Waals surface area contributed by atoms with E-state index in [1.54, 1.807) is 19.5 Å². The van der Waals surface area contributed by atoms with Gasteiger partial charge in [0.05, 0.1) is 25.6 Å². The van der Waals surface area contributed by atoms with Crippen LogP contribution in [0.2, 0.25) is 0 Å². The van der Waals surface area contributed by atoms with Crippen molar-refractivity contribution in [2.75, 3.05) is 51.3 Å². The second-order valence-corrected chi connectivity index (χ2v) is 5.34. The predicted octanol–water partition coefficient (Wildman–Crippen LogP) is 0.786. The number of piperazine rings is 1. The van der Waals surface area contributed by atoms with Crippen molar-refractivity contribution in [2.45, 2.75) is 18.9 Å². The molecule has 110 valence electrons. The molecule has 0 amide bonds. The van der Waals surface area contributed by atoms with E-state index in [0.717, 1.165) is 45.1 Å². The molecule has 2 aliphatic rings. The molecule has 1 aromatic heterocycles. The largest absolute Gasteiger partial charge is 0.480 e. The van der Waals surface area contributed by atoms with Crippen LogP contribution in [0.1, 0.15) is 12.8 Å². The molecule has 3 heterocycles. The Morgan fingerprint density at radius 1 is 1.30 bits per heavy atom. The molecule has 0 spiro atoms. The molecular weight excluding hydrogens is 256 g/mol. The molecule has 0 saturated carbocycles. The average Bonchev–Trinajstić information content (AvgIpc) is 3.01. The first-order valence-electron chi connectivity index (χ1n) is 7.30. The second-order valence-electron chi connectivity index (χ2n) is 5.34. The van der Waals surface area contributed by atoms with Gasteiger partial charge in [0.1, 0.15) is 0 Å². The van der Waals surface area contributed by atoms with Gasteiger partial charge >= 0.3 is 0 Å². The summed E-state index contributed by atoms with van der Waals surface area (Å²) in [5, 5.41) is 0. The lowest BCUT2D eigenvalue weighted by Crippen LogP contribution is -2.48. The van der Waals surface area contributed by atoms with Crippen LogP contribution in [0.4, 0.5) is 5.82 Å². The lowest BCUT2D eigenvalue weighted by molar-refractivity contribution is 0.0712. The molecule has 6 nitrogen and oxygen atoms in total. The molecule has 2 saturated heterocycles. The zero-order chi connectivity index (χ0) is 13.8. The van der Waals surface area contributed by atoms with Crippen LogP contribution < -0.4 is 9.64 Å². The predicted molar refractivity (Wildman–Crippen MR) is 76.2 cm³/mol. The van der Waals surface area contributed by atoms with Gasteiger partial charge in [-0.15, -0.1) is 0 Å². The minimum Gasteiger partial charge on any atom is -0.480 e. The number of nitrogens with zero attached hydrogens (tertiary/aromatic N) is 4. The minimum atomic E-state index is 0.443. The van der Waals surface area contributed by atoms with Gasteiger partial charge in [-0.3, -0.25) is 9.88 Å². The SMILES string of the molecule is COc1cncc(N2CCN(CC3CCCO3)CC2)n1. The minimum absolute atomic E-state index is 0.443. The van der Waals surface area contributed by atoms with E-state index in [1.165, 1.54) is 12.8 Å². The van der Waals surface area contributed by atoms with Crippen LogP contribution in [-0.2, 0) is 4.74 Å². The van der Waals surface area contributed by atoms with Crippen LogP contribution in [-0.4, -0.2) is 67.4 Å². The van der Waals surface area contributed by atoms with Crippen LogP contribution >= 0.6 is 0 Å². The number of hydrogen-bond acceptors (Lipinski definition) is 6. The van der Waals surface area contributed by atoms with Crippen molar-refractivity contribution >= 4 is 5.82 Å². The molecule has 20 heavy (non-hydrogen) atoms. The Kier molecular flexibility index (Phi) is 4.32. The highest BCUT2D eigenvalue weighted by Gasteiger charge is 2.23. The molecule has 1 aromatic rings. The number of hydrogen-bond donors (Lipinski definition) is 0. The van der Waals surface area contributed by atoms with Gasteiger partial charge in [0, 0.05) is 39.3 Å². The van der Waals surface area contributed by atoms with Crippen LogP contribution in [0.3, 0.4) is 0 Å². The van der Waals surface area contributed by atoms with Crippen molar-refractivity contribution in [3.05, 3.63) is 12.4 Å². The Morgan fingerprint density at radius 3 is 2.85 bits per heavy atom. The van der Waals surface area contributed by atoms with E-state index < -0.39 is 0 Å². The lowest BCUT2D eigenvalue weighted by atomic mass is 10.2. The fraction of sp³-hybridized carbons (Fsp3) is 0.714. The maximum atomic E-state index is 5.70. The highest BCUT2D eigenvalue weighted by molar-refractivity contribution is 5.38. The highest BCUT2D eigenvalue weighted by atomic mass is 16.5. The number of ether oxygens (including phenoxy) is 2. The molecular formula is C14H22N4O2. The Bertz CT molecular complexity index is 429. The molecule has 2 fully saturated rings. The van der Waals surface area contributed by atoms with Crippen LogP contribution in [0.25, 0.3) is 0 Å². The summed E-state index contributed by atoms with van der Waals surface area (Å²) in [5.41, 5.74) is 0. The van der Waals surface area contributed by atoms with Gasteiger partial charge in [0.25, 0.3) is 0 Å². The number of methoxy groups -OCH3 is 1. The summed E-state index contributed by atoms with van der Waals surface area (Å²) in [7, 11) is 1.62. The smallest absolute Gasteiger partial charge is 0.233 e. The van der Waals surface area contributed by atoms with Crippen LogP contribution in [0, 0.1) is 0 Å². The monoisotopic (exact) mass is 278 g/mol. The van der Waals surface area contributed by atoms with Crippen molar-refractivity contribution in [3.63, 3.8) is 0 Å². The Morgan fingerprint density at radius 2 is 2.15 bits per heavy atom. The third kappa shape index (κ3) is 3.19. The fourth-order valence-electron chi connectivity index (χ4n) is 2.82. The molecule has 0 bridgehead atoms. The van der Waals surface area contributed by atoms with Crippen molar-refractivity contribution in [3.8, 4) is 5.88 Å². The lowest BCUT2D eigenvalue weighted by Gasteiger charge is -2.36. The van der Waals surface area contributed by atoms with Crippen molar-refractivity contribution < 1.29 is 9.47 Å². The zero-order valence-electron chi connectivity index (χ0n) is 12.0. The van der Waals surface area contributed by atoms with Crippen molar-refractivity contribution in [1.82, 2.24) is 14.9 Å². The van der Waals surface area contributed by atoms with E-state index in [0.29, 0.717) is 12.0 Å². The molecule has 2 aliphatic heterocycles. The molecule has 1 atom stereocenters. The molecule has 3 rings (SSSR count). The third-order valence-corrected chi connectivity index (χ3v) is 3.99. The van der Waals surface area contributed by atoms with E-state index in [1.807, 2.05) is 0 Å². The standard InChI is InChI=1S/C14H22N4O2/c1-19-14-10-15-9-13(16-14)18-6-4-17(5-7-18)11-12-3-2-8-20-12/h9-10,12H,2-8,11H2,1H3. The van der Waals surface area contributed by atoms with Gasteiger partial charge in [-0.05, 0) is 12.8 Å². The Labute approximate surface area is 119 Å². The van der Waals surface area contributed by atoms with Crippen LogP contribution in [0.15, 0.2) is 12.4 Å². The zero-order valence-corrected chi connectivity index (χ0v) is 12.0. The van der Waals surface area contributed by atoms with E-state index in [4.69, 9.17) is 9.47 Å². The normalized spacial score (nSPS) is 24.1. The Balaban J connectivity index is 1.52. The quantitative estimate of drug-likeness (QED) is 0.811. The first-order chi connectivity index (χ1) is 9.85. The molecule has 0 N–H and O–H groups in total. The summed E-state index contributed by atoms with van der Waals surface area (Å²) >= 11 is 0. The van der Waals surface area contributed by atoms with Crippen molar-refractivity contribution in [2.24, 2.45) is 0 Å². The topological polar surface area (TPSA) is 50.7 Å². The average molecular weight is 278 g/mol. The third-order valence-electron chi connectivity index (χ3n) is 3.99. The first-order valence-corrected chi connectivity index (χ1v) is 7.30. The van der Waals surface area contributed by atoms with Gasteiger partial charge in [0.2, 0.25) is 5.88 Å². The first kappa shape index (κ1) is 13.6. The highest BCUT2D eigenvalue weighted by Crippen LogP contribution is 2.18. The number of anilines is 1. The van der Waals surface area contributed by atoms with E-state index in [-0.39, 0.29) is 0 Å². The van der Waals surface area contributed by atoms with E-state index >= 15 is 0 Å². The molecule has 0 aromatic carbocycles. The van der Waals surface area contributed by atoms with Gasteiger partial charge in [0.15, 0.2) is 5.82 Å². The van der Waals surface area contributed by atoms with Crippen LogP contribution in [0.5, 0.6) is 5.88 Å². The van der Waals surface area contributed by atoms with Gasteiger partial charge in [-0.1, -0.05) is 0 Å². The molecule has 1 unspecified atom stereocenters. The summed E-state index contributed by atoms with van der Waals surface area (Å²) in [6, 6.07) is 0. The van der Waals surface area contributed by atoms with Gasteiger partial charge < -0.3 is 14.4 Å². The van der Waals surface area contributed by atoms with Gasteiger partial charge in [-0.2, -0.15) is 4.98 Å². The number of aromatic nitrogens is 2. The molecule has 0 aliphatic carbocycles. The summed E-state index contributed by atoms with van der Waals surface area (Å²) < 4.78 is 10.8. The van der Waals surface area contributed by atoms with Crippen molar-refractivity contribution in [1.29, 1.82) is 0 Å². The van der Waals surface area contributed by atoms with Gasteiger partial charge in [-0.25, -0.2) is 0 Å². The second kappa shape index (κ2) is 6.37. The summed E-state index contributed by atoms with van der Waals surface area (Å²) in [6.45, 7) is 6.07. The maximum Gasteiger partial charge on any atom is 0.233 e. The van der Waals surface area contributed by atoms with E-state index in [2.05, 4.69) is 19.8 Å². The molecule has 6 heteroatoms. The molecule has 0 radical (unpaired) electrons. The Hall–Kier alpha value is -1.40. The maximum absolute atomic E-state index is 5.70. The van der Waals surface area contributed by atoms with E-state index in [9.17, 15) is 0 Å². The summed E-state index contributed by atoms with van der Waals surface area (Å²) in [4.78, 5) is 13.4. The summed E-state index contributed by atoms with van der Waals surface area (Å²) in [5.74, 6) is 1.48. The number of rotatable bonds is 4.